The molecule has 3 aliphatic heterocycles. The quantitative estimate of drug-likeness (QED) is 0.215. The van der Waals surface area contributed by atoms with E-state index in [0.717, 1.165) is 12.5 Å². The van der Waals surface area contributed by atoms with E-state index in [1.807, 2.05) is 0 Å². The number of ether oxygens (including phenoxy) is 2. The molecule has 0 radical (unpaired) electrons. The zero-order valence-electron chi connectivity index (χ0n) is 22.2. The minimum atomic E-state index is -4.09. The van der Waals surface area contributed by atoms with E-state index in [-0.39, 0.29) is 37.1 Å². The zero-order valence-corrected chi connectivity index (χ0v) is 25.0. The van der Waals surface area contributed by atoms with E-state index in [9.17, 15) is 18.3 Å². The van der Waals surface area contributed by atoms with Crippen molar-refractivity contribution < 1.29 is 41.1 Å². The van der Waals surface area contributed by atoms with Crippen LogP contribution in [-0.4, -0.2) is 78.7 Å². The van der Waals surface area contributed by atoms with E-state index in [1.54, 1.807) is 17.9 Å². The molecular weight excluding hydrogens is 633 g/mol. The molecule has 0 aromatic carbocycles. The Balaban J connectivity index is 1.15. The molecule has 0 aliphatic carbocycles. The summed E-state index contributed by atoms with van der Waals surface area (Å²) in [6.45, 7) is -4.58. The van der Waals surface area contributed by atoms with Crippen molar-refractivity contribution in [1.82, 2.24) is 34.1 Å². The van der Waals surface area contributed by atoms with Gasteiger partial charge in [-0.1, -0.05) is 12.2 Å². The summed E-state index contributed by atoms with van der Waals surface area (Å²) < 4.78 is 78.9. The number of nitrogens with one attached hydrogen (secondary N) is 2. The Morgan fingerprint density at radius 3 is 2.81 bits per heavy atom. The predicted octanol–water partition coefficient (Wildman–Crippen LogP) is 2.57. The summed E-state index contributed by atoms with van der Waals surface area (Å²) in [6, 6.07) is 0. The molecule has 4 aromatic heterocycles. The summed E-state index contributed by atoms with van der Waals surface area (Å²) >= 11 is 4.17. The zero-order chi connectivity index (χ0) is 29.9. The molecule has 1 unspecified atom stereocenters. The minimum absolute atomic E-state index is 0.0123. The molecule has 3 aliphatic rings. The van der Waals surface area contributed by atoms with Gasteiger partial charge in [0.25, 0.3) is 5.56 Å². The van der Waals surface area contributed by atoms with Crippen LogP contribution in [0, 0.1) is 5.82 Å². The number of aromatic nitrogens is 7. The number of rotatable bonds is 3. The van der Waals surface area contributed by atoms with Crippen molar-refractivity contribution in [2.24, 2.45) is 0 Å². The molecule has 21 heteroatoms. The number of thiol groups is 1. The van der Waals surface area contributed by atoms with Gasteiger partial charge in [0.1, 0.15) is 35.7 Å². The van der Waals surface area contributed by atoms with Gasteiger partial charge in [0, 0.05) is 26.1 Å². The summed E-state index contributed by atoms with van der Waals surface area (Å²) in [5.74, 6) is -0.299. The van der Waals surface area contributed by atoms with Crippen LogP contribution in [0.25, 0.3) is 22.2 Å². The fraction of sp³-hybridized carbons (Fsp3) is 0.500. The van der Waals surface area contributed by atoms with Gasteiger partial charge in [-0.3, -0.25) is 23.0 Å². The molecule has 3 saturated heterocycles. The molecule has 4 aromatic rings. The Labute approximate surface area is 247 Å². The van der Waals surface area contributed by atoms with E-state index >= 15 is 0 Å². The molecular formula is C22H25FN8O9P2S. The first kappa shape index (κ1) is 29.0. The lowest BCUT2D eigenvalue weighted by Crippen LogP contribution is -2.28. The van der Waals surface area contributed by atoms with Crippen LogP contribution in [0.5, 0.6) is 0 Å². The summed E-state index contributed by atoms with van der Waals surface area (Å²) in [6.07, 6.45) is 0.305. The van der Waals surface area contributed by atoms with Gasteiger partial charge < -0.3 is 33.4 Å². The van der Waals surface area contributed by atoms with Crippen LogP contribution >= 0.6 is 27.3 Å². The van der Waals surface area contributed by atoms with Gasteiger partial charge in [-0.2, -0.15) is 0 Å². The first-order chi connectivity index (χ1) is 20.7. The third-order valence-electron chi connectivity index (χ3n) is 7.38. The molecule has 0 saturated carbocycles. The maximum atomic E-state index is 14.7. The van der Waals surface area contributed by atoms with Crippen molar-refractivity contribution in [3.8, 4) is 0 Å². The normalized spacial score (nSPS) is 33.6. The Morgan fingerprint density at radius 2 is 1.98 bits per heavy atom. The fourth-order valence-electron chi connectivity index (χ4n) is 5.48. The van der Waals surface area contributed by atoms with E-state index in [0.29, 0.717) is 17.0 Å². The summed E-state index contributed by atoms with van der Waals surface area (Å²) in [7, 11) is -1.36. The van der Waals surface area contributed by atoms with Gasteiger partial charge >= 0.3 is 15.1 Å². The SMILES string of the molecule is CNc1ncnc2c1ncn2[C@H]1C[C@@H]2O[PH](=O)OC[C@@H]3C[C@@H](O[P@](=O)(S)OC[C@H]2O1)[C@H](n1cc(F)c2c(=O)[nH]cnc21)O3. The fourth-order valence-corrected chi connectivity index (χ4v) is 7.86. The Morgan fingerprint density at radius 1 is 1.12 bits per heavy atom. The van der Waals surface area contributed by atoms with Gasteiger partial charge in [0.15, 0.2) is 29.2 Å². The summed E-state index contributed by atoms with van der Waals surface area (Å²) in [4.78, 5) is 31.4. The smallest absolute Gasteiger partial charge is 0.371 e. The number of fused-ring (bicyclic) bond motifs is 5. The molecule has 2 bridgehead atoms. The molecule has 7 rings (SSSR count). The lowest BCUT2D eigenvalue weighted by atomic mass is 10.2. The second kappa shape index (κ2) is 11.3. The Hall–Kier alpha value is -2.73. The van der Waals surface area contributed by atoms with Crippen molar-refractivity contribution in [3.63, 3.8) is 0 Å². The van der Waals surface area contributed by atoms with Crippen molar-refractivity contribution in [1.29, 1.82) is 0 Å². The van der Waals surface area contributed by atoms with Crippen LogP contribution in [0.1, 0.15) is 25.3 Å². The minimum Gasteiger partial charge on any atom is -0.371 e. The lowest BCUT2D eigenvalue weighted by molar-refractivity contribution is -0.0551. The molecule has 8 atom stereocenters. The second-order valence-electron chi connectivity index (χ2n) is 9.99. The highest BCUT2D eigenvalue weighted by molar-refractivity contribution is 8.44. The standard InChI is InChI=1S/C22H25FN8O9P2S/c1-24-18-17-20(27-7-25-18)31(9-29-17)15-3-12-14(38-15)6-36-42(34,43)40-13-2-10(5-35-41(33)39-12)37-22(13)30-4-11(23)16-19(30)26-8-28-21(16)32/h4,7-10,12-15,22,41H,2-3,5-6H2,1H3,(H,34,43)(H,24,25,27)(H,26,28,32)/t10-,12-,13+,14+,15+,22+,42+/m0/s1. The number of H-pyrrole nitrogens is 1. The van der Waals surface area contributed by atoms with Gasteiger partial charge in [-0.05, 0) is 0 Å². The monoisotopic (exact) mass is 658 g/mol. The topological polar surface area (TPSA) is 196 Å². The van der Waals surface area contributed by atoms with E-state index in [1.165, 1.54) is 10.9 Å². The van der Waals surface area contributed by atoms with Crippen molar-refractivity contribution in [2.75, 3.05) is 25.6 Å². The number of imidazole rings is 1. The third kappa shape index (κ3) is 5.43. The second-order valence-corrected chi connectivity index (χ2v) is 13.9. The lowest BCUT2D eigenvalue weighted by Gasteiger charge is -2.25. The van der Waals surface area contributed by atoms with E-state index in [4.69, 9.17) is 27.6 Å². The number of nitrogens with zero attached hydrogens (tertiary/aromatic N) is 6. The largest absolute Gasteiger partial charge is 0.386 e. The molecule has 7 heterocycles. The predicted molar refractivity (Wildman–Crippen MR) is 149 cm³/mol. The third-order valence-corrected chi connectivity index (χ3v) is 9.92. The highest BCUT2D eigenvalue weighted by atomic mass is 32.7. The Bertz CT molecular complexity index is 1820. The summed E-state index contributed by atoms with van der Waals surface area (Å²) in [5, 5.41) is 2.68. The highest BCUT2D eigenvalue weighted by Crippen LogP contribution is 2.57. The first-order valence-electron chi connectivity index (χ1n) is 13.1. The maximum absolute atomic E-state index is 14.7. The van der Waals surface area contributed by atoms with Crippen molar-refractivity contribution in [2.45, 2.75) is 49.7 Å². The summed E-state index contributed by atoms with van der Waals surface area (Å²) in [5.41, 5.74) is 0.331. The van der Waals surface area contributed by atoms with Gasteiger partial charge in [0.2, 0.25) is 0 Å². The first-order valence-corrected chi connectivity index (χ1v) is 17.0. The molecule has 230 valence electrons. The number of anilines is 1. The van der Waals surface area contributed by atoms with E-state index in [2.05, 4.69) is 42.5 Å². The number of halogens is 1. The molecule has 2 N–H and O–H groups in total. The highest BCUT2D eigenvalue weighted by Gasteiger charge is 2.45. The number of hydrogen-bond donors (Lipinski definition) is 3. The van der Waals surface area contributed by atoms with Gasteiger partial charge in [-0.25, -0.2) is 28.9 Å². The van der Waals surface area contributed by atoms with Gasteiger partial charge in [0.05, 0.1) is 38.1 Å². The van der Waals surface area contributed by atoms with Crippen molar-refractivity contribution >= 4 is 55.3 Å². The number of hydrogen-bond acceptors (Lipinski definition) is 14. The molecule has 0 amide bonds. The van der Waals surface area contributed by atoms with Crippen LogP contribution in [-0.2, 0) is 36.7 Å². The van der Waals surface area contributed by atoms with Crippen LogP contribution < -0.4 is 10.9 Å². The van der Waals surface area contributed by atoms with Gasteiger partial charge in [-0.15, -0.1) is 0 Å². The van der Waals surface area contributed by atoms with Crippen LogP contribution in [0.15, 0.2) is 30.0 Å². The van der Waals surface area contributed by atoms with Crippen molar-refractivity contribution in [3.05, 3.63) is 41.3 Å². The average molecular weight is 659 g/mol. The van der Waals surface area contributed by atoms with Crippen LogP contribution in [0.4, 0.5) is 10.2 Å². The molecule has 43 heavy (non-hydrogen) atoms. The van der Waals surface area contributed by atoms with E-state index < -0.39 is 63.3 Å². The molecule has 0 spiro atoms. The molecule has 3 fully saturated rings. The molecule has 17 nitrogen and oxygen atoms in total. The average Bonchev–Trinajstić information content (AvgIpc) is 3.75. The van der Waals surface area contributed by atoms with Crippen LogP contribution in [0.2, 0.25) is 0 Å². The maximum Gasteiger partial charge on any atom is 0.386 e. The number of aromatic amines is 1. The Kier molecular flexibility index (Phi) is 7.64. The van der Waals surface area contributed by atoms with Crippen LogP contribution in [0.3, 0.4) is 0 Å².